The van der Waals surface area contributed by atoms with Crippen LogP contribution in [-0.2, 0) is 21.0 Å². The number of rotatable bonds is 7. The van der Waals surface area contributed by atoms with Crippen LogP contribution in [0.3, 0.4) is 0 Å². The summed E-state index contributed by atoms with van der Waals surface area (Å²) >= 11 is 0. The van der Waals surface area contributed by atoms with Crippen LogP contribution < -0.4 is 14.4 Å². The fourth-order valence-electron chi connectivity index (χ4n) is 3.11. The number of ether oxygens (including phenoxy) is 1. The molecule has 1 N–H and O–H groups in total. The van der Waals surface area contributed by atoms with Gasteiger partial charge in [0.1, 0.15) is 17.5 Å². The SMILES string of the molecule is C[C@@H](C(=O)Nc1cccc(C(F)(F)F)c1)N(c1ccc(Oc2ccccc2)cc1)S(C)(=O)=O. The Kier molecular flexibility index (Phi) is 6.97. The molecule has 0 spiro atoms. The molecule has 1 amide bonds. The van der Waals surface area contributed by atoms with Gasteiger partial charge in [0, 0.05) is 5.69 Å². The van der Waals surface area contributed by atoms with Gasteiger partial charge in [0.2, 0.25) is 15.9 Å². The lowest BCUT2D eigenvalue weighted by molar-refractivity contribution is -0.137. The third kappa shape index (κ3) is 6.26. The van der Waals surface area contributed by atoms with Gasteiger partial charge < -0.3 is 10.1 Å². The average molecular weight is 478 g/mol. The lowest BCUT2D eigenvalue weighted by Gasteiger charge is -2.28. The minimum atomic E-state index is -4.57. The van der Waals surface area contributed by atoms with E-state index in [1.165, 1.54) is 25.1 Å². The van der Waals surface area contributed by atoms with Gasteiger partial charge in [0.25, 0.3) is 0 Å². The number of carbonyl (C=O) groups is 1. The third-order valence-electron chi connectivity index (χ3n) is 4.62. The van der Waals surface area contributed by atoms with Crippen molar-refractivity contribution in [3.05, 3.63) is 84.4 Å². The van der Waals surface area contributed by atoms with E-state index >= 15 is 0 Å². The number of amides is 1. The number of alkyl halides is 3. The number of halogens is 3. The highest BCUT2D eigenvalue weighted by atomic mass is 32.2. The molecule has 0 aromatic heterocycles. The fraction of sp³-hybridized carbons (Fsp3) is 0.174. The Morgan fingerprint density at radius 2 is 1.55 bits per heavy atom. The van der Waals surface area contributed by atoms with Gasteiger partial charge in [-0.15, -0.1) is 0 Å². The number of benzene rings is 3. The first-order valence-corrected chi connectivity index (χ1v) is 11.6. The number of hydrogen-bond donors (Lipinski definition) is 1. The highest BCUT2D eigenvalue weighted by Gasteiger charge is 2.32. The Hall–Kier alpha value is -3.53. The Morgan fingerprint density at radius 3 is 2.12 bits per heavy atom. The van der Waals surface area contributed by atoms with Gasteiger partial charge in [-0.1, -0.05) is 24.3 Å². The predicted octanol–water partition coefficient (Wildman–Crippen LogP) is 5.29. The highest BCUT2D eigenvalue weighted by molar-refractivity contribution is 7.92. The second-order valence-corrected chi connectivity index (χ2v) is 9.07. The van der Waals surface area contributed by atoms with Crippen molar-refractivity contribution >= 4 is 27.3 Å². The number of nitrogens with zero attached hydrogens (tertiary/aromatic N) is 1. The lowest BCUT2D eigenvalue weighted by Crippen LogP contribution is -2.45. The lowest BCUT2D eigenvalue weighted by atomic mass is 10.2. The molecule has 33 heavy (non-hydrogen) atoms. The normalized spacial score (nSPS) is 12.6. The number of hydrogen-bond acceptors (Lipinski definition) is 4. The molecule has 10 heteroatoms. The summed E-state index contributed by atoms with van der Waals surface area (Å²) in [4.78, 5) is 12.7. The monoisotopic (exact) mass is 478 g/mol. The van der Waals surface area contributed by atoms with Gasteiger partial charge in [0.05, 0.1) is 17.5 Å². The molecule has 0 fully saturated rings. The first-order chi connectivity index (χ1) is 15.4. The Bertz CT molecular complexity index is 1210. The van der Waals surface area contributed by atoms with Crippen LogP contribution in [0, 0.1) is 0 Å². The van der Waals surface area contributed by atoms with Crippen molar-refractivity contribution in [1.82, 2.24) is 0 Å². The molecular weight excluding hydrogens is 457 g/mol. The van der Waals surface area contributed by atoms with E-state index in [0.29, 0.717) is 11.5 Å². The van der Waals surface area contributed by atoms with Crippen molar-refractivity contribution in [2.24, 2.45) is 0 Å². The summed E-state index contributed by atoms with van der Waals surface area (Å²) < 4.78 is 70.3. The molecule has 0 saturated carbocycles. The standard InChI is InChI=1S/C23H21F3N2O4S/c1-16(22(29)27-18-8-6-7-17(15-18)23(24,25)26)28(33(2,30)31)19-11-13-21(14-12-19)32-20-9-4-3-5-10-20/h3-16H,1-2H3,(H,27,29)/t16-/m0/s1. The molecule has 0 aliphatic carbocycles. The molecule has 6 nitrogen and oxygen atoms in total. The van der Waals surface area contributed by atoms with Crippen molar-refractivity contribution in [2.75, 3.05) is 15.9 Å². The second kappa shape index (κ2) is 9.53. The summed E-state index contributed by atoms with van der Waals surface area (Å²) in [5, 5.41) is 2.35. The average Bonchev–Trinajstić information content (AvgIpc) is 2.74. The van der Waals surface area contributed by atoms with Crippen LogP contribution in [0.15, 0.2) is 78.9 Å². The Morgan fingerprint density at radius 1 is 0.939 bits per heavy atom. The zero-order valence-corrected chi connectivity index (χ0v) is 18.5. The number of carbonyl (C=O) groups excluding carboxylic acids is 1. The van der Waals surface area contributed by atoms with Crippen LogP contribution in [0.2, 0.25) is 0 Å². The van der Waals surface area contributed by atoms with E-state index in [1.807, 2.05) is 6.07 Å². The van der Waals surface area contributed by atoms with Crippen molar-refractivity contribution in [2.45, 2.75) is 19.1 Å². The molecule has 0 saturated heterocycles. The molecule has 3 aromatic rings. The van der Waals surface area contributed by atoms with Crippen LogP contribution >= 0.6 is 0 Å². The van der Waals surface area contributed by atoms with E-state index < -0.39 is 33.7 Å². The van der Waals surface area contributed by atoms with Gasteiger partial charge in [0.15, 0.2) is 0 Å². The zero-order chi connectivity index (χ0) is 24.2. The van der Waals surface area contributed by atoms with Gasteiger partial charge in [-0.25, -0.2) is 8.42 Å². The highest BCUT2D eigenvalue weighted by Crippen LogP contribution is 2.31. The Labute approximate surface area is 189 Å². The maximum Gasteiger partial charge on any atom is 0.416 e. The molecule has 0 bridgehead atoms. The topological polar surface area (TPSA) is 75.7 Å². The summed E-state index contributed by atoms with van der Waals surface area (Å²) in [7, 11) is -3.91. The van der Waals surface area contributed by atoms with Crippen LogP contribution in [0.1, 0.15) is 12.5 Å². The smallest absolute Gasteiger partial charge is 0.416 e. The number of nitrogens with one attached hydrogen (secondary N) is 1. The van der Waals surface area contributed by atoms with Crippen molar-refractivity contribution < 1.29 is 31.1 Å². The van der Waals surface area contributed by atoms with Crippen molar-refractivity contribution in [1.29, 1.82) is 0 Å². The fourth-order valence-corrected chi connectivity index (χ4v) is 4.29. The van der Waals surface area contributed by atoms with E-state index in [1.54, 1.807) is 36.4 Å². The Balaban J connectivity index is 1.80. The molecule has 0 aliphatic rings. The molecule has 3 rings (SSSR count). The van der Waals surface area contributed by atoms with E-state index in [2.05, 4.69) is 5.32 Å². The van der Waals surface area contributed by atoms with E-state index in [0.717, 1.165) is 28.8 Å². The minimum Gasteiger partial charge on any atom is -0.457 e. The summed E-state index contributed by atoms with van der Waals surface area (Å²) in [6, 6.07) is 17.9. The van der Waals surface area contributed by atoms with Crippen LogP contribution in [-0.4, -0.2) is 26.6 Å². The molecule has 1 atom stereocenters. The van der Waals surface area contributed by atoms with Crippen LogP contribution in [0.4, 0.5) is 24.5 Å². The zero-order valence-electron chi connectivity index (χ0n) is 17.7. The molecule has 174 valence electrons. The van der Waals surface area contributed by atoms with Crippen LogP contribution in [0.5, 0.6) is 11.5 Å². The summed E-state index contributed by atoms with van der Waals surface area (Å²) in [6.07, 6.45) is -3.63. The predicted molar refractivity (Wildman–Crippen MR) is 120 cm³/mol. The molecule has 3 aromatic carbocycles. The summed E-state index contributed by atoms with van der Waals surface area (Å²) in [5.74, 6) is 0.267. The van der Waals surface area contributed by atoms with E-state index in [4.69, 9.17) is 4.74 Å². The second-order valence-electron chi connectivity index (χ2n) is 7.21. The quantitative estimate of drug-likeness (QED) is 0.501. The van der Waals surface area contributed by atoms with Crippen LogP contribution in [0.25, 0.3) is 0 Å². The summed E-state index contributed by atoms with van der Waals surface area (Å²) in [6.45, 7) is 1.35. The molecule has 0 unspecified atom stereocenters. The number of para-hydroxylation sites is 1. The summed E-state index contributed by atoms with van der Waals surface area (Å²) in [5.41, 5.74) is -0.826. The van der Waals surface area contributed by atoms with Crippen molar-refractivity contribution in [3.63, 3.8) is 0 Å². The third-order valence-corrected chi connectivity index (χ3v) is 5.86. The number of anilines is 2. The van der Waals surface area contributed by atoms with Gasteiger partial charge in [-0.2, -0.15) is 13.2 Å². The maximum absolute atomic E-state index is 12.9. The molecular formula is C23H21F3N2O4S. The maximum atomic E-state index is 12.9. The minimum absolute atomic E-state index is 0.0956. The van der Waals surface area contributed by atoms with E-state index in [9.17, 15) is 26.4 Å². The van der Waals surface area contributed by atoms with Gasteiger partial charge >= 0.3 is 6.18 Å². The van der Waals surface area contributed by atoms with Gasteiger partial charge in [-0.05, 0) is 61.5 Å². The first kappa shape index (κ1) is 24.1. The largest absolute Gasteiger partial charge is 0.457 e. The first-order valence-electron chi connectivity index (χ1n) is 9.75. The van der Waals surface area contributed by atoms with Crippen molar-refractivity contribution in [3.8, 4) is 11.5 Å². The molecule has 0 aliphatic heterocycles. The van der Waals surface area contributed by atoms with Gasteiger partial charge in [-0.3, -0.25) is 9.10 Å². The number of sulfonamides is 1. The molecule has 0 heterocycles. The molecule has 0 radical (unpaired) electrons. The van der Waals surface area contributed by atoms with E-state index in [-0.39, 0.29) is 11.4 Å².